The summed E-state index contributed by atoms with van der Waals surface area (Å²) >= 11 is 0. The van der Waals surface area contributed by atoms with Crippen molar-refractivity contribution >= 4 is 15.9 Å². The van der Waals surface area contributed by atoms with Crippen LogP contribution in [0.5, 0.6) is 5.75 Å². The number of fused-ring (bicyclic) bond motifs is 1. The molecule has 1 aliphatic rings. The molecule has 5 heteroatoms. The fourth-order valence-corrected chi connectivity index (χ4v) is 3.72. The van der Waals surface area contributed by atoms with Gasteiger partial charge in [0.1, 0.15) is 5.75 Å². The number of rotatable bonds is 2. The first-order chi connectivity index (χ1) is 7.76. The van der Waals surface area contributed by atoms with E-state index in [0.29, 0.717) is 11.3 Å². The molecule has 0 saturated heterocycles. The Morgan fingerprint density at radius 1 is 1.29 bits per heavy atom. The summed E-state index contributed by atoms with van der Waals surface area (Å²) in [6, 6.07) is 4.84. The highest BCUT2D eigenvalue weighted by Crippen LogP contribution is 2.39. The zero-order valence-electron chi connectivity index (χ0n) is 9.89. The van der Waals surface area contributed by atoms with E-state index in [4.69, 9.17) is 4.74 Å². The third kappa shape index (κ3) is 1.85. The number of hydrogen-bond acceptors (Lipinski definition) is 4. The largest absolute Gasteiger partial charge is 0.497 e. The molecule has 17 heavy (non-hydrogen) atoms. The lowest BCUT2D eigenvalue weighted by Crippen LogP contribution is -2.25. The van der Waals surface area contributed by atoms with Gasteiger partial charge in [0.15, 0.2) is 0 Å². The molecule has 1 N–H and O–H groups in total. The molecule has 0 radical (unpaired) electrons. The zero-order chi connectivity index (χ0) is 12.8. The van der Waals surface area contributed by atoms with E-state index in [1.165, 1.54) is 33.1 Å². The van der Waals surface area contributed by atoms with Crippen molar-refractivity contribution in [2.75, 3.05) is 7.11 Å². The summed E-state index contributed by atoms with van der Waals surface area (Å²) in [5.41, 5.74) is -0.798. The first-order valence-corrected chi connectivity index (χ1v) is 6.63. The van der Waals surface area contributed by atoms with Gasteiger partial charge in [0.05, 0.1) is 22.5 Å². The lowest BCUT2D eigenvalue weighted by atomic mass is 10.1. The van der Waals surface area contributed by atoms with Crippen LogP contribution in [0.15, 0.2) is 28.0 Å². The summed E-state index contributed by atoms with van der Waals surface area (Å²) in [6.45, 7) is 2.92. The van der Waals surface area contributed by atoms with Gasteiger partial charge in [-0.05, 0) is 43.7 Å². The lowest BCUT2D eigenvalue weighted by Gasteiger charge is -2.18. The van der Waals surface area contributed by atoms with Crippen molar-refractivity contribution < 1.29 is 18.3 Å². The van der Waals surface area contributed by atoms with Gasteiger partial charge in [-0.15, -0.1) is 0 Å². The minimum Gasteiger partial charge on any atom is -0.497 e. The summed E-state index contributed by atoms with van der Waals surface area (Å²) in [7, 11) is -2.13. The first kappa shape index (κ1) is 12.1. The predicted molar refractivity (Wildman–Crippen MR) is 64.5 cm³/mol. The molecule has 1 aromatic carbocycles. The van der Waals surface area contributed by atoms with E-state index in [9.17, 15) is 13.5 Å². The van der Waals surface area contributed by atoms with E-state index in [-0.39, 0.29) is 9.80 Å². The van der Waals surface area contributed by atoms with Gasteiger partial charge in [-0.25, -0.2) is 8.42 Å². The number of methoxy groups -OCH3 is 1. The Labute approximate surface area is 100 Å². The Morgan fingerprint density at radius 2 is 1.94 bits per heavy atom. The molecule has 0 unspecified atom stereocenters. The first-order valence-electron chi connectivity index (χ1n) is 5.14. The number of aliphatic hydroxyl groups is 1. The topological polar surface area (TPSA) is 63.6 Å². The monoisotopic (exact) mass is 254 g/mol. The summed E-state index contributed by atoms with van der Waals surface area (Å²) in [5, 5.41) is 9.87. The summed E-state index contributed by atoms with van der Waals surface area (Å²) in [5.74, 6) is 0.484. The van der Waals surface area contributed by atoms with Gasteiger partial charge in [-0.3, -0.25) is 0 Å². The van der Waals surface area contributed by atoms with Gasteiger partial charge in [0.2, 0.25) is 9.84 Å². The van der Waals surface area contributed by atoms with Crippen molar-refractivity contribution in [3.63, 3.8) is 0 Å². The molecule has 1 aliphatic heterocycles. The van der Waals surface area contributed by atoms with Crippen molar-refractivity contribution in [2.24, 2.45) is 0 Å². The second kappa shape index (κ2) is 3.58. The highest BCUT2D eigenvalue weighted by molar-refractivity contribution is 7.96. The molecule has 0 bridgehead atoms. The molecular formula is C12H14O4S. The van der Waals surface area contributed by atoms with Gasteiger partial charge in [-0.2, -0.15) is 0 Å². The molecule has 0 amide bonds. The Bertz CT molecular complexity index is 591. The number of benzene rings is 1. The van der Waals surface area contributed by atoms with Crippen LogP contribution in [0.4, 0.5) is 0 Å². The second-order valence-corrected chi connectivity index (χ2v) is 6.36. The van der Waals surface area contributed by atoms with Crippen LogP contribution in [0.3, 0.4) is 0 Å². The number of ether oxygens (including phenoxy) is 1. The fourth-order valence-electron chi connectivity index (χ4n) is 1.84. The Hall–Kier alpha value is -1.33. The minimum atomic E-state index is -3.61. The molecule has 0 aliphatic carbocycles. The quantitative estimate of drug-likeness (QED) is 0.870. The molecule has 0 atom stereocenters. The van der Waals surface area contributed by atoms with Crippen LogP contribution in [-0.2, 0) is 9.84 Å². The minimum absolute atomic E-state index is 0.0215. The van der Waals surface area contributed by atoms with E-state index in [1.54, 1.807) is 12.1 Å². The zero-order valence-corrected chi connectivity index (χ0v) is 10.7. The van der Waals surface area contributed by atoms with E-state index >= 15 is 0 Å². The van der Waals surface area contributed by atoms with Crippen molar-refractivity contribution in [1.29, 1.82) is 0 Å². The van der Waals surface area contributed by atoms with Crippen LogP contribution in [0.1, 0.15) is 19.4 Å². The van der Waals surface area contributed by atoms with Crippen LogP contribution in [0, 0.1) is 0 Å². The van der Waals surface area contributed by atoms with Crippen LogP contribution < -0.4 is 4.74 Å². The maximum atomic E-state index is 12.2. The average molecular weight is 254 g/mol. The van der Waals surface area contributed by atoms with Crippen molar-refractivity contribution in [1.82, 2.24) is 0 Å². The molecule has 2 rings (SSSR count). The van der Waals surface area contributed by atoms with Crippen LogP contribution >= 0.6 is 0 Å². The number of sulfone groups is 1. The lowest BCUT2D eigenvalue weighted by molar-refractivity contribution is 0.129. The fraction of sp³-hybridized carbons (Fsp3) is 0.333. The van der Waals surface area contributed by atoms with Crippen molar-refractivity contribution in [3.05, 3.63) is 28.7 Å². The third-order valence-electron chi connectivity index (χ3n) is 2.69. The average Bonchev–Trinajstić information content (AvgIpc) is 2.50. The standard InChI is InChI=1S/C12H14O4S/c1-12(2,13)11-6-8-4-5-9(16-3)7-10(8)17(11,14)15/h4-7,13H,1-3H3. The van der Waals surface area contributed by atoms with Gasteiger partial charge < -0.3 is 9.84 Å². The smallest absolute Gasteiger partial charge is 0.206 e. The predicted octanol–water partition coefficient (Wildman–Crippen LogP) is 1.59. The molecule has 0 fully saturated rings. The van der Waals surface area contributed by atoms with Crippen LogP contribution in [0.25, 0.3) is 6.08 Å². The second-order valence-electron chi connectivity index (χ2n) is 4.47. The summed E-state index contributed by atoms with van der Waals surface area (Å²) in [4.78, 5) is 0.210. The number of hydrogen-bond donors (Lipinski definition) is 1. The SMILES string of the molecule is COc1ccc2c(c1)S(=O)(=O)C(C(C)(C)O)=C2. The highest BCUT2D eigenvalue weighted by atomic mass is 32.2. The van der Waals surface area contributed by atoms with Crippen molar-refractivity contribution in [3.8, 4) is 5.75 Å². The Balaban J connectivity index is 2.65. The summed E-state index contributed by atoms with van der Waals surface area (Å²) in [6.07, 6.45) is 1.50. The third-order valence-corrected chi connectivity index (χ3v) is 4.82. The normalized spacial score (nSPS) is 17.5. The molecule has 0 saturated carbocycles. The van der Waals surface area contributed by atoms with Gasteiger partial charge >= 0.3 is 0 Å². The highest BCUT2D eigenvalue weighted by Gasteiger charge is 2.38. The molecule has 92 valence electrons. The van der Waals surface area contributed by atoms with Gasteiger partial charge in [0, 0.05) is 0 Å². The maximum Gasteiger partial charge on any atom is 0.206 e. The van der Waals surface area contributed by atoms with E-state index in [1.807, 2.05) is 0 Å². The molecule has 1 aromatic rings. The molecule has 1 heterocycles. The maximum absolute atomic E-state index is 12.2. The Kier molecular flexibility index (Phi) is 2.56. The molecule has 0 spiro atoms. The van der Waals surface area contributed by atoms with E-state index < -0.39 is 15.4 Å². The van der Waals surface area contributed by atoms with E-state index in [2.05, 4.69) is 0 Å². The van der Waals surface area contributed by atoms with Gasteiger partial charge in [0.25, 0.3) is 0 Å². The Morgan fingerprint density at radius 3 is 2.47 bits per heavy atom. The van der Waals surface area contributed by atoms with E-state index in [0.717, 1.165) is 0 Å². The molecule has 0 aromatic heterocycles. The van der Waals surface area contributed by atoms with Crippen LogP contribution in [0.2, 0.25) is 0 Å². The molecule has 4 nitrogen and oxygen atoms in total. The van der Waals surface area contributed by atoms with Gasteiger partial charge in [-0.1, -0.05) is 0 Å². The summed E-state index contributed by atoms with van der Waals surface area (Å²) < 4.78 is 29.4. The molecular weight excluding hydrogens is 240 g/mol. The van der Waals surface area contributed by atoms with Crippen LogP contribution in [-0.4, -0.2) is 26.2 Å². The van der Waals surface area contributed by atoms with Crippen molar-refractivity contribution in [2.45, 2.75) is 24.3 Å².